The van der Waals surface area contributed by atoms with Gasteiger partial charge in [0.15, 0.2) is 0 Å². The van der Waals surface area contributed by atoms with Crippen LogP contribution in [0.4, 0.5) is 8.78 Å². The number of fused-ring (bicyclic) bond motifs is 1. The van der Waals surface area contributed by atoms with Crippen molar-refractivity contribution in [1.29, 1.82) is 0 Å². The van der Waals surface area contributed by atoms with Gasteiger partial charge in [-0.25, -0.2) is 4.68 Å². The number of halogens is 2. The molecule has 2 amide bonds. The number of carbonyl (C=O) groups excluding carboxylic acids is 2. The Morgan fingerprint density at radius 2 is 1.75 bits per heavy atom. The van der Waals surface area contributed by atoms with Gasteiger partial charge < -0.3 is 0 Å². The fourth-order valence-corrected chi connectivity index (χ4v) is 2.51. The zero-order valence-electron chi connectivity index (χ0n) is 10.3. The van der Waals surface area contributed by atoms with Crippen LogP contribution in [0.2, 0.25) is 0 Å². The molecule has 3 rings (SSSR count). The molecule has 0 aromatic carbocycles. The van der Waals surface area contributed by atoms with E-state index in [9.17, 15) is 18.4 Å². The van der Waals surface area contributed by atoms with Gasteiger partial charge in [0, 0.05) is 6.20 Å². The minimum Gasteiger partial charge on any atom is -0.275 e. The van der Waals surface area contributed by atoms with E-state index >= 15 is 0 Å². The SMILES string of the molecule is O=C1[C@H]2C=CC=C[C@@H]2C(=O)N1Cc1ccnn1C(F)F. The number of rotatable bonds is 3. The number of amides is 2. The Morgan fingerprint density at radius 1 is 1.15 bits per heavy atom. The summed E-state index contributed by atoms with van der Waals surface area (Å²) in [6.07, 6.45) is 7.96. The predicted molar refractivity (Wildman–Crippen MR) is 64.3 cm³/mol. The molecule has 0 unspecified atom stereocenters. The number of allylic oxidation sites excluding steroid dienone is 2. The number of alkyl halides is 2. The molecule has 1 aliphatic carbocycles. The Morgan fingerprint density at radius 3 is 2.30 bits per heavy atom. The van der Waals surface area contributed by atoms with Gasteiger partial charge in [-0.1, -0.05) is 24.3 Å². The van der Waals surface area contributed by atoms with Crippen LogP contribution in [0.25, 0.3) is 0 Å². The van der Waals surface area contributed by atoms with Gasteiger partial charge >= 0.3 is 6.55 Å². The molecule has 20 heavy (non-hydrogen) atoms. The van der Waals surface area contributed by atoms with Crippen LogP contribution in [0.3, 0.4) is 0 Å². The number of likely N-dealkylation sites (tertiary alicyclic amines) is 1. The van der Waals surface area contributed by atoms with Crippen molar-refractivity contribution >= 4 is 11.8 Å². The van der Waals surface area contributed by atoms with E-state index < -0.39 is 18.4 Å². The summed E-state index contributed by atoms with van der Waals surface area (Å²) in [7, 11) is 0. The number of hydrogen-bond acceptors (Lipinski definition) is 3. The highest BCUT2D eigenvalue weighted by atomic mass is 19.3. The maximum atomic E-state index is 12.7. The molecular formula is C13H11F2N3O2. The van der Waals surface area contributed by atoms with Gasteiger partial charge in [0.2, 0.25) is 11.8 Å². The van der Waals surface area contributed by atoms with E-state index in [-0.39, 0.29) is 24.1 Å². The van der Waals surface area contributed by atoms with Crippen LogP contribution < -0.4 is 0 Å². The summed E-state index contributed by atoms with van der Waals surface area (Å²) in [4.78, 5) is 25.3. The first kappa shape index (κ1) is 12.7. The fraction of sp³-hybridized carbons (Fsp3) is 0.308. The van der Waals surface area contributed by atoms with Crippen LogP contribution in [-0.2, 0) is 16.1 Å². The highest BCUT2D eigenvalue weighted by Crippen LogP contribution is 2.32. The van der Waals surface area contributed by atoms with E-state index in [1.165, 1.54) is 12.3 Å². The zero-order chi connectivity index (χ0) is 14.3. The molecule has 7 heteroatoms. The number of carbonyl (C=O) groups is 2. The Kier molecular flexibility index (Phi) is 2.96. The Bertz CT molecular complexity index is 591. The molecule has 0 N–H and O–H groups in total. The predicted octanol–water partition coefficient (Wildman–Crippen LogP) is 1.51. The molecule has 1 saturated heterocycles. The second-order valence-corrected chi connectivity index (χ2v) is 4.63. The monoisotopic (exact) mass is 279 g/mol. The molecular weight excluding hydrogens is 268 g/mol. The Hall–Kier alpha value is -2.31. The van der Waals surface area contributed by atoms with Crippen LogP contribution in [0.1, 0.15) is 12.2 Å². The Balaban J connectivity index is 1.86. The van der Waals surface area contributed by atoms with Gasteiger partial charge in [-0.3, -0.25) is 14.5 Å². The van der Waals surface area contributed by atoms with Gasteiger partial charge in [0.25, 0.3) is 0 Å². The number of imide groups is 1. The summed E-state index contributed by atoms with van der Waals surface area (Å²) in [6.45, 7) is -2.98. The molecule has 0 spiro atoms. The smallest absolute Gasteiger partial charge is 0.275 e. The van der Waals surface area contributed by atoms with Crippen molar-refractivity contribution < 1.29 is 18.4 Å². The maximum Gasteiger partial charge on any atom is 0.333 e. The molecule has 2 atom stereocenters. The number of nitrogens with zero attached hydrogens (tertiary/aromatic N) is 3. The van der Waals surface area contributed by atoms with Crippen LogP contribution in [-0.4, -0.2) is 26.5 Å². The lowest BCUT2D eigenvalue weighted by molar-refractivity contribution is -0.140. The number of aromatic nitrogens is 2. The normalized spacial score (nSPS) is 24.9. The topological polar surface area (TPSA) is 55.2 Å². The van der Waals surface area contributed by atoms with Crippen molar-refractivity contribution in [2.75, 3.05) is 0 Å². The lowest BCUT2D eigenvalue weighted by Gasteiger charge is -2.15. The fourth-order valence-electron chi connectivity index (χ4n) is 2.51. The number of hydrogen-bond donors (Lipinski definition) is 0. The Labute approximate surface area is 113 Å². The summed E-state index contributed by atoms with van der Waals surface area (Å²) in [6, 6.07) is 1.38. The van der Waals surface area contributed by atoms with Gasteiger partial charge in [-0.2, -0.15) is 13.9 Å². The minimum atomic E-state index is -2.80. The molecule has 2 heterocycles. The summed E-state index contributed by atoms with van der Waals surface area (Å²) >= 11 is 0. The van der Waals surface area contributed by atoms with E-state index in [0.29, 0.717) is 4.68 Å². The summed E-state index contributed by atoms with van der Waals surface area (Å²) in [5.41, 5.74) is 0.133. The lowest BCUT2D eigenvalue weighted by Crippen LogP contribution is -2.31. The second-order valence-electron chi connectivity index (χ2n) is 4.63. The molecule has 2 aliphatic rings. The molecule has 0 radical (unpaired) electrons. The first-order chi connectivity index (χ1) is 9.59. The highest BCUT2D eigenvalue weighted by Gasteiger charge is 2.45. The zero-order valence-corrected chi connectivity index (χ0v) is 10.3. The molecule has 1 fully saturated rings. The third-order valence-electron chi connectivity index (χ3n) is 3.49. The lowest BCUT2D eigenvalue weighted by atomic mass is 9.91. The van der Waals surface area contributed by atoms with Crippen LogP contribution in [0, 0.1) is 11.8 Å². The van der Waals surface area contributed by atoms with Crippen molar-refractivity contribution in [1.82, 2.24) is 14.7 Å². The average molecular weight is 279 g/mol. The van der Waals surface area contributed by atoms with Crippen molar-refractivity contribution in [3.05, 3.63) is 42.3 Å². The standard InChI is InChI=1S/C13H11F2N3O2/c14-13(15)18-8(5-6-16-18)7-17-11(19)9-3-1-2-4-10(9)12(17)20/h1-6,9-10,13H,7H2/t9-,10-/m0/s1. The van der Waals surface area contributed by atoms with Crippen molar-refractivity contribution in [3.8, 4) is 0 Å². The van der Waals surface area contributed by atoms with E-state index in [1.807, 2.05) is 0 Å². The van der Waals surface area contributed by atoms with Crippen molar-refractivity contribution in [3.63, 3.8) is 0 Å². The highest BCUT2D eigenvalue weighted by molar-refractivity contribution is 6.07. The van der Waals surface area contributed by atoms with Crippen molar-refractivity contribution in [2.45, 2.75) is 13.1 Å². The van der Waals surface area contributed by atoms with Crippen LogP contribution >= 0.6 is 0 Å². The molecule has 1 aliphatic heterocycles. The van der Waals surface area contributed by atoms with Crippen LogP contribution in [0.5, 0.6) is 0 Å². The minimum absolute atomic E-state index is 0.133. The van der Waals surface area contributed by atoms with Gasteiger partial charge in [0.05, 0.1) is 24.1 Å². The quantitative estimate of drug-likeness (QED) is 0.788. The third-order valence-corrected chi connectivity index (χ3v) is 3.49. The molecule has 0 bridgehead atoms. The molecule has 1 aromatic heterocycles. The van der Waals surface area contributed by atoms with Crippen LogP contribution in [0.15, 0.2) is 36.6 Å². The maximum absolute atomic E-state index is 12.7. The second kappa shape index (κ2) is 4.66. The van der Waals surface area contributed by atoms with Gasteiger partial charge in [0.1, 0.15) is 0 Å². The first-order valence-electron chi connectivity index (χ1n) is 6.10. The molecule has 104 valence electrons. The third kappa shape index (κ3) is 1.86. The summed E-state index contributed by atoms with van der Waals surface area (Å²) in [5, 5.41) is 3.49. The molecule has 1 aromatic rings. The molecule has 0 saturated carbocycles. The van der Waals surface area contributed by atoms with E-state index in [1.54, 1.807) is 24.3 Å². The van der Waals surface area contributed by atoms with E-state index in [2.05, 4.69) is 5.10 Å². The average Bonchev–Trinajstić information content (AvgIpc) is 2.99. The largest absolute Gasteiger partial charge is 0.333 e. The summed E-state index contributed by atoms with van der Waals surface area (Å²) in [5.74, 6) is -1.75. The van der Waals surface area contributed by atoms with E-state index in [0.717, 1.165) is 4.90 Å². The molecule has 5 nitrogen and oxygen atoms in total. The first-order valence-corrected chi connectivity index (χ1v) is 6.10. The van der Waals surface area contributed by atoms with E-state index in [4.69, 9.17) is 0 Å². The van der Waals surface area contributed by atoms with Gasteiger partial charge in [-0.15, -0.1) is 0 Å². The summed E-state index contributed by atoms with van der Waals surface area (Å²) < 4.78 is 25.9. The van der Waals surface area contributed by atoms with Gasteiger partial charge in [-0.05, 0) is 6.07 Å². The van der Waals surface area contributed by atoms with Crippen molar-refractivity contribution in [2.24, 2.45) is 11.8 Å².